The van der Waals surface area contributed by atoms with Crippen LogP contribution in [0.3, 0.4) is 0 Å². The molecule has 0 radical (unpaired) electrons. The van der Waals surface area contributed by atoms with Crippen LogP contribution in [0.5, 0.6) is 5.75 Å². The summed E-state index contributed by atoms with van der Waals surface area (Å²) in [6.07, 6.45) is 9.36. The molecule has 0 saturated heterocycles. The van der Waals surface area contributed by atoms with Crippen molar-refractivity contribution in [1.29, 1.82) is 0 Å². The third-order valence-electron chi connectivity index (χ3n) is 3.77. The van der Waals surface area contributed by atoms with Gasteiger partial charge in [0.05, 0.1) is 11.8 Å². The molecule has 2 N–H and O–H groups in total. The van der Waals surface area contributed by atoms with Crippen molar-refractivity contribution in [3.63, 3.8) is 0 Å². The van der Waals surface area contributed by atoms with Gasteiger partial charge in [0, 0.05) is 0 Å². The summed E-state index contributed by atoms with van der Waals surface area (Å²) in [6, 6.07) is 7.97. The molecule has 0 bridgehead atoms. The lowest BCUT2D eigenvalue weighted by Crippen LogP contribution is -2.11. The number of unbranched alkanes of at least 4 members (excludes halogenated alkanes) is 5. The fourth-order valence-electron chi connectivity index (χ4n) is 2.35. The molecule has 0 aromatic heterocycles. The predicted octanol–water partition coefficient (Wildman–Crippen LogP) is 4.89. The van der Waals surface area contributed by atoms with E-state index in [4.69, 9.17) is 10.6 Å². The molecular formula is C18H30N2O. The lowest BCUT2D eigenvalue weighted by atomic mass is 10.1. The number of hydrazone groups is 1. The summed E-state index contributed by atoms with van der Waals surface area (Å²) in [5.41, 5.74) is 1.87. The molecule has 1 aromatic carbocycles. The van der Waals surface area contributed by atoms with E-state index in [9.17, 15) is 0 Å². The Kier molecular flexibility index (Phi) is 8.56. The lowest BCUT2D eigenvalue weighted by molar-refractivity contribution is 0.206. The number of nitrogens with two attached hydrogens (primary N) is 1. The van der Waals surface area contributed by atoms with Gasteiger partial charge in [-0.05, 0) is 56.5 Å². The molecule has 0 spiro atoms. The first-order valence-corrected chi connectivity index (χ1v) is 8.19. The van der Waals surface area contributed by atoms with Crippen molar-refractivity contribution < 1.29 is 4.74 Å². The third-order valence-corrected chi connectivity index (χ3v) is 3.77. The molecular weight excluding hydrogens is 260 g/mol. The van der Waals surface area contributed by atoms with Crippen LogP contribution in [0.2, 0.25) is 0 Å². The Labute approximate surface area is 129 Å². The van der Waals surface area contributed by atoms with Crippen LogP contribution in [-0.2, 0) is 0 Å². The van der Waals surface area contributed by atoms with Gasteiger partial charge in [-0.25, -0.2) is 0 Å². The van der Waals surface area contributed by atoms with E-state index in [0.717, 1.165) is 23.4 Å². The van der Waals surface area contributed by atoms with E-state index in [0.29, 0.717) is 0 Å². The maximum Gasteiger partial charge on any atom is 0.119 e. The van der Waals surface area contributed by atoms with Gasteiger partial charge >= 0.3 is 0 Å². The molecule has 1 aromatic rings. The van der Waals surface area contributed by atoms with Crippen molar-refractivity contribution in [1.82, 2.24) is 0 Å². The summed E-state index contributed by atoms with van der Waals surface area (Å²) in [4.78, 5) is 0. The van der Waals surface area contributed by atoms with Crippen LogP contribution in [0.15, 0.2) is 29.4 Å². The van der Waals surface area contributed by atoms with Crippen LogP contribution < -0.4 is 10.6 Å². The van der Waals surface area contributed by atoms with Gasteiger partial charge in [0.1, 0.15) is 5.75 Å². The minimum atomic E-state index is 0.270. The standard InChI is InChI=1S/C18H30N2O/c1-4-5-6-7-8-9-10-15(2)21-18-13-11-17(12-14-18)16(3)20-19/h11-15H,4-10,19H2,1-3H3. The molecule has 3 heteroatoms. The highest BCUT2D eigenvalue weighted by molar-refractivity contribution is 5.98. The molecule has 0 heterocycles. The van der Waals surface area contributed by atoms with Gasteiger partial charge in [0.15, 0.2) is 0 Å². The summed E-state index contributed by atoms with van der Waals surface area (Å²) in [5, 5.41) is 3.70. The number of nitrogens with zero attached hydrogens (tertiary/aromatic N) is 1. The normalized spacial score (nSPS) is 13.2. The number of hydrogen-bond acceptors (Lipinski definition) is 3. The van der Waals surface area contributed by atoms with Crippen LogP contribution in [0, 0.1) is 0 Å². The van der Waals surface area contributed by atoms with Gasteiger partial charge < -0.3 is 10.6 Å². The van der Waals surface area contributed by atoms with E-state index in [1.807, 2.05) is 31.2 Å². The van der Waals surface area contributed by atoms with Gasteiger partial charge in [-0.15, -0.1) is 0 Å². The van der Waals surface area contributed by atoms with Crippen LogP contribution in [0.4, 0.5) is 0 Å². The summed E-state index contributed by atoms with van der Waals surface area (Å²) in [6.45, 7) is 6.30. The quantitative estimate of drug-likeness (QED) is 0.289. The fraction of sp³-hybridized carbons (Fsp3) is 0.611. The topological polar surface area (TPSA) is 47.6 Å². The first-order valence-electron chi connectivity index (χ1n) is 8.19. The maximum atomic E-state index is 5.94. The molecule has 118 valence electrons. The average Bonchev–Trinajstić information content (AvgIpc) is 2.50. The lowest BCUT2D eigenvalue weighted by Gasteiger charge is -2.15. The highest BCUT2D eigenvalue weighted by Crippen LogP contribution is 2.17. The van der Waals surface area contributed by atoms with Crippen LogP contribution >= 0.6 is 0 Å². The molecule has 0 aliphatic heterocycles. The number of rotatable bonds is 10. The zero-order valence-electron chi connectivity index (χ0n) is 13.8. The first-order chi connectivity index (χ1) is 10.2. The van der Waals surface area contributed by atoms with Crippen molar-refractivity contribution in [2.45, 2.75) is 71.8 Å². The minimum Gasteiger partial charge on any atom is -0.491 e. The van der Waals surface area contributed by atoms with E-state index >= 15 is 0 Å². The Morgan fingerprint density at radius 2 is 1.71 bits per heavy atom. The van der Waals surface area contributed by atoms with Gasteiger partial charge in [-0.2, -0.15) is 5.10 Å². The predicted molar refractivity (Wildman–Crippen MR) is 90.9 cm³/mol. The van der Waals surface area contributed by atoms with E-state index in [1.165, 1.54) is 38.5 Å². The monoisotopic (exact) mass is 290 g/mol. The van der Waals surface area contributed by atoms with E-state index in [1.54, 1.807) is 0 Å². The molecule has 0 aliphatic rings. The molecule has 1 unspecified atom stereocenters. The Hall–Kier alpha value is -1.51. The Morgan fingerprint density at radius 1 is 1.10 bits per heavy atom. The largest absolute Gasteiger partial charge is 0.491 e. The number of benzene rings is 1. The van der Waals surface area contributed by atoms with E-state index in [-0.39, 0.29) is 6.10 Å². The second kappa shape index (κ2) is 10.3. The van der Waals surface area contributed by atoms with Crippen molar-refractivity contribution in [3.05, 3.63) is 29.8 Å². The van der Waals surface area contributed by atoms with Crippen molar-refractivity contribution in [2.24, 2.45) is 10.9 Å². The average molecular weight is 290 g/mol. The second-order valence-electron chi connectivity index (χ2n) is 5.72. The molecule has 0 fully saturated rings. The molecule has 0 aliphatic carbocycles. The fourth-order valence-corrected chi connectivity index (χ4v) is 2.35. The summed E-state index contributed by atoms with van der Waals surface area (Å²) in [7, 11) is 0. The van der Waals surface area contributed by atoms with Gasteiger partial charge in [-0.3, -0.25) is 0 Å². The highest BCUT2D eigenvalue weighted by atomic mass is 16.5. The summed E-state index contributed by atoms with van der Waals surface area (Å²) >= 11 is 0. The van der Waals surface area contributed by atoms with Crippen molar-refractivity contribution in [3.8, 4) is 5.75 Å². The summed E-state index contributed by atoms with van der Waals surface area (Å²) < 4.78 is 5.94. The second-order valence-corrected chi connectivity index (χ2v) is 5.72. The van der Waals surface area contributed by atoms with Gasteiger partial charge in [0.25, 0.3) is 0 Å². The van der Waals surface area contributed by atoms with Crippen molar-refractivity contribution >= 4 is 5.71 Å². The summed E-state index contributed by atoms with van der Waals surface area (Å²) in [5.74, 6) is 6.20. The molecule has 1 rings (SSSR count). The molecule has 3 nitrogen and oxygen atoms in total. The highest BCUT2D eigenvalue weighted by Gasteiger charge is 2.05. The first kappa shape index (κ1) is 17.5. The number of hydrogen-bond donors (Lipinski definition) is 1. The maximum absolute atomic E-state index is 5.94. The van der Waals surface area contributed by atoms with Gasteiger partial charge in [-0.1, -0.05) is 39.0 Å². The molecule has 0 saturated carbocycles. The molecule has 0 amide bonds. The van der Waals surface area contributed by atoms with Crippen LogP contribution in [-0.4, -0.2) is 11.8 Å². The number of ether oxygens (including phenoxy) is 1. The molecule has 21 heavy (non-hydrogen) atoms. The van der Waals surface area contributed by atoms with Crippen LogP contribution in [0.25, 0.3) is 0 Å². The Bertz CT molecular complexity index is 412. The van der Waals surface area contributed by atoms with Crippen LogP contribution in [0.1, 0.15) is 71.3 Å². The third kappa shape index (κ3) is 7.16. The van der Waals surface area contributed by atoms with E-state index < -0.39 is 0 Å². The zero-order chi connectivity index (χ0) is 15.5. The molecule has 1 atom stereocenters. The zero-order valence-corrected chi connectivity index (χ0v) is 13.8. The Balaban J connectivity index is 2.26. The SMILES string of the molecule is CCCCCCCCC(C)Oc1ccc(C(C)=NN)cc1. The van der Waals surface area contributed by atoms with Crippen molar-refractivity contribution in [2.75, 3.05) is 0 Å². The minimum absolute atomic E-state index is 0.270. The Morgan fingerprint density at radius 3 is 2.33 bits per heavy atom. The van der Waals surface area contributed by atoms with E-state index in [2.05, 4.69) is 18.9 Å². The van der Waals surface area contributed by atoms with Gasteiger partial charge in [0.2, 0.25) is 0 Å². The smallest absolute Gasteiger partial charge is 0.119 e.